The number of amides is 2. The average Bonchev–Trinajstić information content (AvgIpc) is 3.21. The number of aromatic nitrogens is 2. The Morgan fingerprint density at radius 1 is 1.13 bits per heavy atom. The zero-order valence-electron chi connectivity index (χ0n) is 17.8. The predicted molar refractivity (Wildman–Crippen MR) is 117 cm³/mol. The molecule has 1 heterocycles. The lowest BCUT2D eigenvalue weighted by atomic mass is 10.2. The van der Waals surface area contributed by atoms with Crippen LogP contribution in [0, 0.1) is 11.3 Å². The molecule has 0 bridgehead atoms. The van der Waals surface area contributed by atoms with Crippen molar-refractivity contribution in [3.05, 3.63) is 42.7 Å². The number of nitrogens with one attached hydrogen (secondary N) is 1. The normalized spacial score (nSPS) is 10.6. The van der Waals surface area contributed by atoms with Crippen molar-refractivity contribution in [2.75, 3.05) is 36.4 Å². The molecular weight excluding hydrogens is 380 g/mol. The number of likely N-dealkylation sites (N-methyl/N-ethyl adjacent to an activating group) is 1. The second kappa shape index (κ2) is 12.4. The van der Waals surface area contributed by atoms with E-state index in [2.05, 4.69) is 35.2 Å². The van der Waals surface area contributed by atoms with E-state index in [0.29, 0.717) is 12.2 Å². The Morgan fingerprint density at radius 2 is 1.87 bits per heavy atom. The molecule has 0 saturated heterocycles. The van der Waals surface area contributed by atoms with Gasteiger partial charge in [0.25, 0.3) is 0 Å². The van der Waals surface area contributed by atoms with Crippen molar-refractivity contribution < 1.29 is 9.59 Å². The zero-order valence-corrected chi connectivity index (χ0v) is 17.8. The number of nitriles is 1. The minimum absolute atomic E-state index is 0.0688. The predicted octanol–water partition coefficient (Wildman–Crippen LogP) is 2.89. The fraction of sp³-hybridized carbons (Fsp3) is 0.455. The number of hydrogen-bond donors (Lipinski definition) is 1. The molecule has 0 spiro atoms. The van der Waals surface area contributed by atoms with Crippen LogP contribution in [0.2, 0.25) is 0 Å². The molecule has 1 N–H and O–H groups in total. The van der Waals surface area contributed by atoms with E-state index in [9.17, 15) is 9.59 Å². The first kappa shape index (κ1) is 23.1. The summed E-state index contributed by atoms with van der Waals surface area (Å²) in [6.07, 6.45) is 3.79. The Kier molecular flexibility index (Phi) is 9.55. The standard InChI is InChI=1S/C22H30N6O2/c1-3-26(4-2)15-16-27-18-19(17-24-27)25-21(29)11-12-22(30)28(14-8-13-23)20-9-6-5-7-10-20/h5-7,9-10,17-18H,3-4,8,11-12,14-16H2,1-2H3,(H,25,29). The highest BCUT2D eigenvalue weighted by molar-refractivity contribution is 5.98. The van der Waals surface area contributed by atoms with Crippen LogP contribution in [-0.2, 0) is 16.1 Å². The van der Waals surface area contributed by atoms with E-state index in [0.717, 1.165) is 31.9 Å². The monoisotopic (exact) mass is 410 g/mol. The second-order valence-electron chi connectivity index (χ2n) is 6.86. The van der Waals surface area contributed by atoms with Crippen molar-refractivity contribution in [3.8, 4) is 6.07 Å². The minimum atomic E-state index is -0.236. The SMILES string of the molecule is CCN(CC)CCn1cc(NC(=O)CCC(=O)N(CCC#N)c2ccccc2)cn1. The molecule has 0 atom stereocenters. The van der Waals surface area contributed by atoms with Crippen molar-refractivity contribution in [3.63, 3.8) is 0 Å². The maximum Gasteiger partial charge on any atom is 0.227 e. The first-order chi connectivity index (χ1) is 14.6. The summed E-state index contributed by atoms with van der Waals surface area (Å²) >= 11 is 0. The molecule has 0 radical (unpaired) electrons. The summed E-state index contributed by atoms with van der Waals surface area (Å²) < 4.78 is 1.80. The third-order valence-electron chi connectivity index (χ3n) is 4.84. The van der Waals surface area contributed by atoms with Gasteiger partial charge in [-0.05, 0) is 25.2 Å². The second-order valence-corrected chi connectivity index (χ2v) is 6.86. The number of para-hydroxylation sites is 1. The molecule has 160 valence electrons. The Labute approximate surface area is 178 Å². The molecule has 1 aromatic carbocycles. The third-order valence-corrected chi connectivity index (χ3v) is 4.84. The molecule has 8 nitrogen and oxygen atoms in total. The topological polar surface area (TPSA) is 94.3 Å². The average molecular weight is 411 g/mol. The number of carbonyl (C=O) groups is 2. The number of carbonyl (C=O) groups excluding carboxylic acids is 2. The largest absolute Gasteiger partial charge is 0.323 e. The van der Waals surface area contributed by atoms with Gasteiger partial charge in [0.1, 0.15) is 0 Å². The molecule has 0 aliphatic carbocycles. The molecule has 0 aliphatic heterocycles. The molecular formula is C22H30N6O2. The van der Waals surface area contributed by atoms with Crippen molar-refractivity contribution in [2.45, 2.75) is 39.7 Å². The molecule has 1 aromatic heterocycles. The van der Waals surface area contributed by atoms with Gasteiger partial charge in [-0.1, -0.05) is 32.0 Å². The molecule has 0 unspecified atom stereocenters. The van der Waals surface area contributed by atoms with E-state index in [1.807, 2.05) is 30.3 Å². The molecule has 30 heavy (non-hydrogen) atoms. The molecule has 2 aromatic rings. The van der Waals surface area contributed by atoms with Gasteiger partial charge in [0.05, 0.1) is 30.9 Å². The number of benzene rings is 1. The Bertz CT molecular complexity index is 839. The quantitative estimate of drug-likeness (QED) is 0.581. The highest BCUT2D eigenvalue weighted by Gasteiger charge is 2.17. The molecule has 0 fully saturated rings. The lowest BCUT2D eigenvalue weighted by molar-refractivity contribution is -0.122. The van der Waals surface area contributed by atoms with E-state index >= 15 is 0 Å². The number of rotatable bonds is 12. The minimum Gasteiger partial charge on any atom is -0.323 e. The van der Waals surface area contributed by atoms with Crippen LogP contribution in [0.3, 0.4) is 0 Å². The van der Waals surface area contributed by atoms with E-state index in [1.54, 1.807) is 22.0 Å². The smallest absolute Gasteiger partial charge is 0.227 e. The molecule has 2 rings (SSSR count). The first-order valence-corrected chi connectivity index (χ1v) is 10.3. The summed E-state index contributed by atoms with van der Waals surface area (Å²) in [5, 5.41) is 15.9. The van der Waals surface area contributed by atoms with Crippen molar-refractivity contribution in [2.24, 2.45) is 0 Å². The number of anilines is 2. The van der Waals surface area contributed by atoms with Gasteiger partial charge in [-0.25, -0.2) is 0 Å². The van der Waals surface area contributed by atoms with Gasteiger partial charge in [0.2, 0.25) is 11.8 Å². The molecule has 2 amide bonds. The van der Waals surface area contributed by atoms with Crippen LogP contribution in [0.15, 0.2) is 42.7 Å². The number of nitrogens with zero attached hydrogens (tertiary/aromatic N) is 5. The Balaban J connectivity index is 1.84. The van der Waals surface area contributed by atoms with Crippen molar-refractivity contribution in [1.29, 1.82) is 5.26 Å². The lowest BCUT2D eigenvalue weighted by Gasteiger charge is -2.21. The maximum absolute atomic E-state index is 12.6. The summed E-state index contributed by atoms with van der Waals surface area (Å²) in [6.45, 7) is 8.18. The first-order valence-electron chi connectivity index (χ1n) is 10.3. The Hall–Kier alpha value is -3.18. The zero-order chi connectivity index (χ0) is 21.8. The lowest BCUT2D eigenvalue weighted by Crippen LogP contribution is -2.32. The van der Waals surface area contributed by atoms with Crippen LogP contribution in [0.25, 0.3) is 0 Å². The third kappa shape index (κ3) is 7.33. The van der Waals surface area contributed by atoms with Gasteiger partial charge >= 0.3 is 0 Å². The van der Waals surface area contributed by atoms with Crippen LogP contribution in [0.1, 0.15) is 33.1 Å². The maximum atomic E-state index is 12.6. The van der Waals surface area contributed by atoms with Gasteiger partial charge in [-0.3, -0.25) is 14.3 Å². The summed E-state index contributed by atoms with van der Waals surface area (Å²) in [7, 11) is 0. The summed E-state index contributed by atoms with van der Waals surface area (Å²) in [5.41, 5.74) is 1.35. The van der Waals surface area contributed by atoms with Gasteiger partial charge in [-0.15, -0.1) is 0 Å². The van der Waals surface area contributed by atoms with Crippen LogP contribution in [-0.4, -0.2) is 52.7 Å². The molecule has 0 aliphatic rings. The van der Waals surface area contributed by atoms with E-state index in [-0.39, 0.29) is 31.1 Å². The summed E-state index contributed by atoms with van der Waals surface area (Å²) in [6, 6.07) is 11.3. The van der Waals surface area contributed by atoms with E-state index < -0.39 is 0 Å². The molecule has 0 saturated carbocycles. The van der Waals surface area contributed by atoms with Gasteiger partial charge < -0.3 is 15.1 Å². The summed E-state index contributed by atoms with van der Waals surface area (Å²) in [4.78, 5) is 28.8. The highest BCUT2D eigenvalue weighted by Crippen LogP contribution is 2.16. The van der Waals surface area contributed by atoms with Crippen molar-refractivity contribution in [1.82, 2.24) is 14.7 Å². The highest BCUT2D eigenvalue weighted by atomic mass is 16.2. The van der Waals surface area contributed by atoms with Crippen LogP contribution >= 0.6 is 0 Å². The van der Waals surface area contributed by atoms with Gasteiger partial charge in [0.15, 0.2) is 0 Å². The summed E-state index contributed by atoms with van der Waals surface area (Å²) in [5.74, 6) is -0.415. The van der Waals surface area contributed by atoms with E-state index in [1.165, 1.54) is 0 Å². The van der Waals surface area contributed by atoms with Crippen molar-refractivity contribution >= 4 is 23.2 Å². The fourth-order valence-electron chi connectivity index (χ4n) is 3.08. The fourth-order valence-corrected chi connectivity index (χ4v) is 3.08. The van der Waals surface area contributed by atoms with Gasteiger partial charge in [0, 0.05) is 37.8 Å². The van der Waals surface area contributed by atoms with Crippen LogP contribution < -0.4 is 10.2 Å². The van der Waals surface area contributed by atoms with Crippen LogP contribution in [0.5, 0.6) is 0 Å². The van der Waals surface area contributed by atoms with Gasteiger partial charge in [-0.2, -0.15) is 10.4 Å². The van der Waals surface area contributed by atoms with Crippen LogP contribution in [0.4, 0.5) is 11.4 Å². The molecule has 8 heteroatoms. The number of hydrogen-bond acceptors (Lipinski definition) is 5. The van der Waals surface area contributed by atoms with E-state index in [4.69, 9.17) is 5.26 Å². The Morgan fingerprint density at radius 3 is 2.53 bits per heavy atom.